The smallest absolute Gasteiger partial charge is 0.329 e. The van der Waals surface area contributed by atoms with E-state index < -0.39 is 12.0 Å². The van der Waals surface area contributed by atoms with Gasteiger partial charge in [0.2, 0.25) is 5.91 Å². The van der Waals surface area contributed by atoms with Crippen molar-refractivity contribution in [1.29, 1.82) is 0 Å². The summed E-state index contributed by atoms with van der Waals surface area (Å²) in [6.45, 7) is 2.27. The molecule has 0 spiro atoms. The summed E-state index contributed by atoms with van der Waals surface area (Å²) in [5.41, 5.74) is 2.00. The summed E-state index contributed by atoms with van der Waals surface area (Å²) in [5.74, 6) is 0.147. The van der Waals surface area contributed by atoms with E-state index >= 15 is 0 Å². The summed E-state index contributed by atoms with van der Waals surface area (Å²) in [6, 6.07) is 16.6. The summed E-state index contributed by atoms with van der Waals surface area (Å²) < 4.78 is 12.4. The lowest BCUT2D eigenvalue weighted by Gasteiger charge is -2.23. The Labute approximate surface area is 239 Å². The molecule has 1 N–H and O–H groups in total. The molecule has 1 aliphatic rings. The highest BCUT2D eigenvalue weighted by Gasteiger charge is 2.35. The number of hydrogen-bond acceptors (Lipinski definition) is 5. The third-order valence-corrected chi connectivity index (χ3v) is 7.28. The molecule has 3 aromatic rings. The molecule has 1 aliphatic heterocycles. The lowest BCUT2D eigenvalue weighted by molar-refractivity contribution is -0.149. The molecule has 3 aromatic carbocycles. The molecule has 7 nitrogen and oxygen atoms in total. The highest BCUT2D eigenvalue weighted by molar-refractivity contribution is 9.10. The van der Waals surface area contributed by atoms with Gasteiger partial charge in [0.25, 0.3) is 5.91 Å². The van der Waals surface area contributed by atoms with E-state index in [0.29, 0.717) is 58.6 Å². The standard InChI is InChI=1S/C28H25BrCl2N2O5/c1-17(34)32-15-18-4-6-19(7-5-18)27(35)33-12-2-3-25(33)28(36)37-16-20-8-9-21(29)13-26(20)38-22-10-11-23(30)24(31)14-22/h4-11,13-14,25H,2-3,12,15-16H2,1H3,(H,32,34). The molecule has 0 bridgehead atoms. The number of rotatable bonds is 8. The number of amides is 2. The van der Waals surface area contributed by atoms with Crippen LogP contribution in [-0.2, 0) is 27.5 Å². The van der Waals surface area contributed by atoms with Gasteiger partial charge in [-0.3, -0.25) is 9.59 Å². The number of nitrogens with zero attached hydrogens (tertiary/aromatic N) is 1. The fraction of sp³-hybridized carbons (Fsp3) is 0.250. The van der Waals surface area contributed by atoms with Gasteiger partial charge in [-0.15, -0.1) is 0 Å². The topological polar surface area (TPSA) is 84.9 Å². The first-order valence-electron chi connectivity index (χ1n) is 11.9. The Kier molecular flexibility index (Phi) is 9.31. The maximum Gasteiger partial charge on any atom is 0.329 e. The van der Waals surface area contributed by atoms with Crippen LogP contribution < -0.4 is 10.1 Å². The molecule has 0 saturated carbocycles. The van der Waals surface area contributed by atoms with Crippen molar-refractivity contribution in [2.45, 2.75) is 39.0 Å². The first-order valence-corrected chi connectivity index (χ1v) is 13.5. The van der Waals surface area contributed by atoms with Crippen LogP contribution in [0.2, 0.25) is 10.0 Å². The van der Waals surface area contributed by atoms with Crippen molar-refractivity contribution in [3.8, 4) is 11.5 Å². The molecule has 38 heavy (non-hydrogen) atoms. The Hall–Kier alpha value is -3.07. The maximum atomic E-state index is 13.2. The SMILES string of the molecule is CC(=O)NCc1ccc(C(=O)N2CCCC2C(=O)OCc2ccc(Br)cc2Oc2ccc(Cl)c(Cl)c2)cc1. The fourth-order valence-electron chi connectivity index (χ4n) is 4.07. The molecule has 0 aromatic heterocycles. The van der Waals surface area contributed by atoms with Crippen LogP contribution in [0.1, 0.15) is 41.3 Å². The van der Waals surface area contributed by atoms with Crippen molar-refractivity contribution in [3.05, 3.63) is 91.9 Å². The Morgan fingerprint density at radius 2 is 1.79 bits per heavy atom. The van der Waals surface area contributed by atoms with E-state index in [4.69, 9.17) is 32.7 Å². The number of ether oxygens (including phenoxy) is 2. The average molecular weight is 620 g/mol. The summed E-state index contributed by atoms with van der Waals surface area (Å²) in [5, 5.41) is 3.50. The summed E-state index contributed by atoms with van der Waals surface area (Å²) >= 11 is 15.5. The van der Waals surface area contributed by atoms with E-state index in [1.165, 1.54) is 6.92 Å². The summed E-state index contributed by atoms with van der Waals surface area (Å²) in [7, 11) is 0. The molecule has 0 aliphatic carbocycles. The fourth-order valence-corrected chi connectivity index (χ4v) is 4.70. The minimum Gasteiger partial charge on any atom is -0.459 e. The van der Waals surface area contributed by atoms with Gasteiger partial charge in [-0.25, -0.2) is 4.79 Å². The Balaban J connectivity index is 1.41. The van der Waals surface area contributed by atoms with E-state index in [9.17, 15) is 14.4 Å². The predicted octanol–water partition coefficient (Wildman–Crippen LogP) is 6.53. The maximum absolute atomic E-state index is 13.2. The van der Waals surface area contributed by atoms with Crippen LogP contribution in [0.3, 0.4) is 0 Å². The van der Waals surface area contributed by atoms with E-state index in [0.717, 1.165) is 10.0 Å². The van der Waals surface area contributed by atoms with Gasteiger partial charge in [0.1, 0.15) is 24.1 Å². The average Bonchev–Trinajstić information content (AvgIpc) is 3.39. The third kappa shape index (κ3) is 7.07. The van der Waals surface area contributed by atoms with Crippen molar-refractivity contribution < 1.29 is 23.9 Å². The van der Waals surface area contributed by atoms with E-state index in [1.54, 1.807) is 59.5 Å². The van der Waals surface area contributed by atoms with Gasteiger partial charge >= 0.3 is 5.97 Å². The molecule has 198 valence electrons. The first kappa shape index (κ1) is 28.0. The summed E-state index contributed by atoms with van der Waals surface area (Å²) in [4.78, 5) is 38.9. The van der Waals surface area contributed by atoms with Crippen molar-refractivity contribution in [2.24, 2.45) is 0 Å². The van der Waals surface area contributed by atoms with Crippen LogP contribution >= 0.6 is 39.1 Å². The summed E-state index contributed by atoms with van der Waals surface area (Å²) in [6.07, 6.45) is 1.23. The Bertz CT molecular complexity index is 1350. The van der Waals surface area contributed by atoms with Gasteiger partial charge in [0.05, 0.1) is 10.0 Å². The van der Waals surface area contributed by atoms with Crippen LogP contribution in [0.25, 0.3) is 0 Å². The lowest BCUT2D eigenvalue weighted by Crippen LogP contribution is -2.41. The van der Waals surface area contributed by atoms with Crippen LogP contribution in [0.4, 0.5) is 0 Å². The van der Waals surface area contributed by atoms with Crippen molar-refractivity contribution in [3.63, 3.8) is 0 Å². The zero-order chi connectivity index (χ0) is 27.2. The predicted molar refractivity (Wildman–Crippen MR) is 148 cm³/mol. The zero-order valence-electron chi connectivity index (χ0n) is 20.5. The monoisotopic (exact) mass is 618 g/mol. The van der Waals surface area contributed by atoms with Crippen LogP contribution in [0.5, 0.6) is 11.5 Å². The van der Waals surface area contributed by atoms with Gasteiger partial charge < -0.3 is 19.7 Å². The Morgan fingerprint density at radius 3 is 2.50 bits per heavy atom. The second-order valence-electron chi connectivity index (χ2n) is 8.80. The lowest BCUT2D eigenvalue weighted by atomic mass is 10.1. The van der Waals surface area contributed by atoms with Gasteiger partial charge in [0, 0.05) is 41.7 Å². The molecule has 2 amide bonds. The van der Waals surface area contributed by atoms with Gasteiger partial charge in [0.15, 0.2) is 0 Å². The van der Waals surface area contributed by atoms with Crippen LogP contribution in [0, 0.1) is 0 Å². The van der Waals surface area contributed by atoms with Crippen molar-refractivity contribution in [2.75, 3.05) is 6.54 Å². The minimum atomic E-state index is -0.670. The second kappa shape index (κ2) is 12.7. The second-order valence-corrected chi connectivity index (χ2v) is 10.5. The molecule has 1 atom stereocenters. The molecule has 1 saturated heterocycles. The number of benzene rings is 3. The van der Waals surface area contributed by atoms with Crippen molar-refractivity contribution in [1.82, 2.24) is 10.2 Å². The van der Waals surface area contributed by atoms with E-state index in [2.05, 4.69) is 21.2 Å². The number of carbonyl (C=O) groups excluding carboxylic acids is 3. The number of esters is 1. The highest BCUT2D eigenvalue weighted by atomic mass is 79.9. The van der Waals surface area contributed by atoms with Gasteiger partial charge in [-0.05, 0) is 54.8 Å². The molecule has 1 unspecified atom stereocenters. The van der Waals surface area contributed by atoms with Crippen molar-refractivity contribution >= 4 is 56.9 Å². The number of halogens is 3. The molecule has 1 heterocycles. The molecular weight excluding hydrogens is 595 g/mol. The number of likely N-dealkylation sites (tertiary alicyclic amines) is 1. The normalized spacial score (nSPS) is 14.7. The molecule has 4 rings (SSSR count). The number of nitrogens with one attached hydrogen (secondary N) is 1. The largest absolute Gasteiger partial charge is 0.459 e. The zero-order valence-corrected chi connectivity index (χ0v) is 23.6. The molecule has 1 fully saturated rings. The van der Waals surface area contributed by atoms with E-state index in [1.807, 2.05) is 6.07 Å². The number of carbonyl (C=O) groups is 3. The molecule has 0 radical (unpaired) electrons. The van der Waals surface area contributed by atoms with Gasteiger partial charge in [-0.2, -0.15) is 0 Å². The highest BCUT2D eigenvalue weighted by Crippen LogP contribution is 2.33. The van der Waals surface area contributed by atoms with Crippen LogP contribution in [-0.4, -0.2) is 35.3 Å². The first-order chi connectivity index (χ1) is 18.2. The van der Waals surface area contributed by atoms with E-state index in [-0.39, 0.29) is 18.4 Å². The molecular formula is C28H25BrCl2N2O5. The molecule has 10 heteroatoms. The minimum absolute atomic E-state index is 0.0286. The number of hydrogen-bond donors (Lipinski definition) is 1. The third-order valence-electron chi connectivity index (χ3n) is 6.05. The Morgan fingerprint density at radius 1 is 1.03 bits per heavy atom. The van der Waals surface area contributed by atoms with Gasteiger partial charge in [-0.1, -0.05) is 57.3 Å². The quantitative estimate of drug-likeness (QED) is 0.290. The van der Waals surface area contributed by atoms with Crippen LogP contribution in [0.15, 0.2) is 65.1 Å².